The van der Waals surface area contributed by atoms with Crippen molar-refractivity contribution in [2.45, 2.75) is 6.04 Å². The molecule has 14 heteroatoms. The molecule has 0 saturated carbocycles. The molecule has 39 heavy (non-hydrogen) atoms. The summed E-state index contributed by atoms with van der Waals surface area (Å²) in [6, 6.07) is 8.21. The number of benzene rings is 2. The van der Waals surface area contributed by atoms with Crippen LogP contribution in [0.1, 0.15) is 23.0 Å². The van der Waals surface area contributed by atoms with Crippen molar-refractivity contribution in [1.82, 2.24) is 29.6 Å². The number of methoxy groups -OCH3 is 1. The minimum Gasteiger partial charge on any atom is -0.497 e. The van der Waals surface area contributed by atoms with Gasteiger partial charge in [0, 0.05) is 49.4 Å². The number of rotatable bonds is 10. The third kappa shape index (κ3) is 6.01. The number of nitrogens with zero attached hydrogens (tertiary/aromatic N) is 5. The maximum atomic E-state index is 15.9. The molecule has 0 saturated heterocycles. The molecular formula is C25H26FN9O4. The largest absolute Gasteiger partial charge is 0.497 e. The van der Waals surface area contributed by atoms with Crippen molar-refractivity contribution >= 4 is 17.4 Å². The van der Waals surface area contributed by atoms with Gasteiger partial charge < -0.3 is 25.4 Å². The first-order valence-electron chi connectivity index (χ1n) is 11.5. The fraction of sp³-hybridized carbons (Fsp3) is 0.200. The molecule has 4 rings (SSSR count). The average molecular weight is 536 g/mol. The summed E-state index contributed by atoms with van der Waals surface area (Å²) in [5.41, 5.74) is 5.94. The molecule has 2 aromatic carbocycles. The molecule has 2 aromatic heterocycles. The lowest BCUT2D eigenvalue weighted by Gasteiger charge is -2.21. The number of hydrogen-bond donors (Lipinski definition) is 4. The van der Waals surface area contributed by atoms with E-state index < -0.39 is 24.2 Å². The second kappa shape index (κ2) is 11.4. The van der Waals surface area contributed by atoms with Gasteiger partial charge in [0.1, 0.15) is 17.6 Å². The number of nitrogen functional groups attached to an aromatic ring is 1. The third-order valence-corrected chi connectivity index (χ3v) is 5.62. The minimum absolute atomic E-state index is 0.0114. The Morgan fingerprint density at radius 3 is 2.62 bits per heavy atom. The van der Waals surface area contributed by atoms with E-state index in [1.165, 1.54) is 42.7 Å². The van der Waals surface area contributed by atoms with E-state index in [1.54, 1.807) is 38.4 Å². The predicted octanol–water partition coefficient (Wildman–Crippen LogP) is 1.45. The number of H-pyrrole nitrogens is 1. The molecule has 1 amide bonds. The first kappa shape index (κ1) is 26.8. The fourth-order valence-corrected chi connectivity index (χ4v) is 3.53. The van der Waals surface area contributed by atoms with Gasteiger partial charge in [-0.3, -0.25) is 20.2 Å². The Morgan fingerprint density at radius 2 is 2.00 bits per heavy atom. The molecule has 0 spiro atoms. The molecule has 4 aromatic rings. The number of anilines is 1. The zero-order valence-corrected chi connectivity index (χ0v) is 21.3. The molecule has 202 valence electrons. The maximum absolute atomic E-state index is 15.9. The number of likely N-dealkylation sites (N-methyl/N-ethyl adjacent to an activating group) is 1. The SMILES string of the molecule is COc1cc(OCC(=O)N(C)C)c(F)c(C(Nc2ccc(C(=N)N)cc2)c2nn(-c3cnccn3)c(=O)[nH]2)c1. The molecule has 0 radical (unpaired) electrons. The van der Waals surface area contributed by atoms with Gasteiger partial charge in [-0.1, -0.05) is 0 Å². The van der Waals surface area contributed by atoms with E-state index in [2.05, 4.69) is 25.4 Å². The number of nitrogens with one attached hydrogen (secondary N) is 3. The molecule has 2 heterocycles. The number of ether oxygens (including phenoxy) is 2. The number of carbonyl (C=O) groups excluding carboxylic acids is 1. The second-order valence-electron chi connectivity index (χ2n) is 8.46. The number of hydrogen-bond acceptors (Lipinski definition) is 9. The van der Waals surface area contributed by atoms with Crippen LogP contribution in [0.5, 0.6) is 11.5 Å². The number of aromatic amines is 1. The lowest BCUT2D eigenvalue weighted by molar-refractivity contribution is -0.130. The third-order valence-electron chi connectivity index (χ3n) is 5.62. The summed E-state index contributed by atoms with van der Waals surface area (Å²) in [6.45, 7) is -0.404. The number of halogens is 1. The van der Waals surface area contributed by atoms with Gasteiger partial charge >= 0.3 is 5.69 Å². The molecule has 5 N–H and O–H groups in total. The predicted molar refractivity (Wildman–Crippen MR) is 140 cm³/mol. The van der Waals surface area contributed by atoms with Crippen LogP contribution in [0.4, 0.5) is 10.1 Å². The van der Waals surface area contributed by atoms with Gasteiger partial charge in [0.05, 0.1) is 13.3 Å². The number of aromatic nitrogens is 5. The number of amidine groups is 1. The smallest absolute Gasteiger partial charge is 0.349 e. The molecule has 0 aliphatic rings. The summed E-state index contributed by atoms with van der Waals surface area (Å²) in [7, 11) is 4.51. The van der Waals surface area contributed by atoms with Crippen molar-refractivity contribution in [2.75, 3.05) is 33.1 Å². The summed E-state index contributed by atoms with van der Waals surface area (Å²) in [5, 5.41) is 15.1. The molecule has 0 aliphatic heterocycles. The van der Waals surface area contributed by atoms with Crippen LogP contribution in [0.2, 0.25) is 0 Å². The summed E-state index contributed by atoms with van der Waals surface area (Å²) < 4.78 is 27.8. The second-order valence-corrected chi connectivity index (χ2v) is 8.46. The highest BCUT2D eigenvalue weighted by Crippen LogP contribution is 2.35. The van der Waals surface area contributed by atoms with Gasteiger partial charge in [-0.15, -0.1) is 5.10 Å². The van der Waals surface area contributed by atoms with Crippen LogP contribution in [0, 0.1) is 11.2 Å². The highest BCUT2D eigenvalue weighted by molar-refractivity contribution is 5.95. The van der Waals surface area contributed by atoms with E-state index in [4.69, 9.17) is 20.6 Å². The Bertz CT molecular complexity index is 1540. The van der Waals surface area contributed by atoms with Crippen molar-refractivity contribution in [2.24, 2.45) is 5.73 Å². The van der Waals surface area contributed by atoms with Gasteiger partial charge in [0.2, 0.25) is 0 Å². The Hall–Kier alpha value is -5.27. The summed E-state index contributed by atoms with van der Waals surface area (Å²) in [5.74, 6) is -1.06. The molecular weight excluding hydrogens is 509 g/mol. The van der Waals surface area contributed by atoms with Crippen molar-refractivity contribution < 1.29 is 18.7 Å². The Balaban J connectivity index is 1.82. The van der Waals surface area contributed by atoms with E-state index >= 15 is 4.39 Å². The summed E-state index contributed by atoms with van der Waals surface area (Å²) >= 11 is 0. The van der Waals surface area contributed by atoms with Gasteiger partial charge in [-0.05, 0) is 30.3 Å². The molecule has 0 bridgehead atoms. The van der Waals surface area contributed by atoms with Crippen LogP contribution < -0.4 is 26.2 Å². The maximum Gasteiger partial charge on any atom is 0.349 e. The zero-order chi connectivity index (χ0) is 28.1. The number of carbonyl (C=O) groups is 1. The molecule has 1 atom stereocenters. The molecule has 0 fully saturated rings. The zero-order valence-electron chi connectivity index (χ0n) is 21.3. The summed E-state index contributed by atoms with van der Waals surface area (Å²) in [6.07, 6.45) is 4.21. The Kier molecular flexibility index (Phi) is 7.84. The highest BCUT2D eigenvalue weighted by Gasteiger charge is 2.27. The monoisotopic (exact) mass is 535 g/mol. The van der Waals surface area contributed by atoms with E-state index in [9.17, 15) is 9.59 Å². The van der Waals surface area contributed by atoms with Gasteiger partial charge in [0.25, 0.3) is 5.91 Å². The van der Waals surface area contributed by atoms with E-state index in [-0.39, 0.29) is 40.4 Å². The number of amides is 1. The van der Waals surface area contributed by atoms with Crippen LogP contribution in [-0.4, -0.2) is 69.2 Å². The van der Waals surface area contributed by atoms with Crippen molar-refractivity contribution in [3.05, 3.63) is 88.2 Å². The van der Waals surface area contributed by atoms with Crippen molar-refractivity contribution in [1.29, 1.82) is 5.41 Å². The van der Waals surface area contributed by atoms with E-state index in [0.717, 1.165) is 4.68 Å². The lowest BCUT2D eigenvalue weighted by atomic mass is 10.0. The Morgan fingerprint density at radius 1 is 1.26 bits per heavy atom. The van der Waals surface area contributed by atoms with Gasteiger partial charge in [-0.2, -0.15) is 4.68 Å². The molecule has 1 unspecified atom stereocenters. The van der Waals surface area contributed by atoms with Crippen molar-refractivity contribution in [3.8, 4) is 17.3 Å². The van der Waals surface area contributed by atoms with Crippen LogP contribution in [0.15, 0.2) is 59.8 Å². The minimum atomic E-state index is -1.07. The quantitative estimate of drug-likeness (QED) is 0.173. The van der Waals surface area contributed by atoms with E-state index in [1.807, 2.05) is 0 Å². The number of nitrogens with two attached hydrogens (primary N) is 1. The normalized spacial score (nSPS) is 11.5. The average Bonchev–Trinajstić information content (AvgIpc) is 3.32. The van der Waals surface area contributed by atoms with Crippen molar-refractivity contribution in [3.63, 3.8) is 0 Å². The van der Waals surface area contributed by atoms with Crippen LogP contribution in [-0.2, 0) is 4.79 Å². The lowest BCUT2D eigenvalue weighted by Crippen LogP contribution is -2.27. The first-order chi connectivity index (χ1) is 18.7. The standard InChI is InChI=1S/C25H26FN9O4/c1-34(2)20(36)13-39-18-11-16(38-3)10-17(21(18)26)22(31-15-6-4-14(5-7-15)23(27)28)24-32-25(37)35(33-24)19-12-29-8-9-30-19/h4-12,22,31H,13H2,1-3H3,(H3,27,28)(H,32,33,37). The molecule has 0 aliphatic carbocycles. The van der Waals surface area contributed by atoms with E-state index in [0.29, 0.717) is 11.3 Å². The fourth-order valence-electron chi connectivity index (χ4n) is 3.53. The summed E-state index contributed by atoms with van der Waals surface area (Å²) in [4.78, 5) is 36.9. The van der Waals surface area contributed by atoms with Gasteiger partial charge in [-0.25, -0.2) is 14.2 Å². The van der Waals surface area contributed by atoms with Gasteiger partial charge in [0.15, 0.2) is 29.8 Å². The topological polar surface area (TPSA) is 177 Å². The first-order valence-corrected chi connectivity index (χ1v) is 11.5. The Labute approximate surface area is 221 Å². The molecule has 13 nitrogen and oxygen atoms in total. The van der Waals surface area contributed by atoms with Crippen LogP contribution in [0.3, 0.4) is 0 Å². The van der Waals surface area contributed by atoms with Crippen LogP contribution in [0.25, 0.3) is 5.82 Å². The highest BCUT2D eigenvalue weighted by atomic mass is 19.1. The van der Waals surface area contributed by atoms with Crippen LogP contribution >= 0.6 is 0 Å².